The van der Waals surface area contributed by atoms with Crippen LogP contribution in [0.2, 0.25) is 0 Å². The van der Waals surface area contributed by atoms with Crippen LogP contribution in [-0.2, 0) is 6.42 Å². The minimum absolute atomic E-state index is 0.350. The van der Waals surface area contributed by atoms with Gasteiger partial charge in [0.05, 0.1) is 18.3 Å². The van der Waals surface area contributed by atoms with Crippen molar-refractivity contribution in [3.63, 3.8) is 0 Å². The molecule has 1 aliphatic rings. The van der Waals surface area contributed by atoms with Gasteiger partial charge in [0.15, 0.2) is 0 Å². The van der Waals surface area contributed by atoms with E-state index in [9.17, 15) is 18.0 Å². The first kappa shape index (κ1) is 18.8. The van der Waals surface area contributed by atoms with E-state index in [-0.39, 0.29) is 6.04 Å². The van der Waals surface area contributed by atoms with Crippen LogP contribution < -0.4 is 5.73 Å². The molecule has 26 heavy (non-hydrogen) atoms. The van der Waals surface area contributed by atoms with Gasteiger partial charge in [0, 0.05) is 22.3 Å². The van der Waals surface area contributed by atoms with Gasteiger partial charge in [0.2, 0.25) is 5.91 Å². The number of amides is 1. The normalized spacial score (nSPS) is 20.7. The molecule has 0 fully saturated rings. The fourth-order valence-electron chi connectivity index (χ4n) is 3.40. The number of alkyl halides is 3. The monoisotopic (exact) mass is 427 g/mol. The molecule has 2 atom stereocenters. The van der Waals surface area contributed by atoms with Crippen molar-refractivity contribution in [2.75, 3.05) is 6.54 Å². The standard InChI is InChI=1S/C18H17BrF3N3O/c1-10-6-12-7-11(17(23)26)2-4-14(12)16(25(10)9-18(20,21)22)15-5-3-13(19)8-24-15/h2-5,7-8,10,16H,6,9H2,1H3,(H2,23,26)/t10-,16+/m1/s1. The minimum atomic E-state index is -4.33. The number of aromatic nitrogens is 1. The summed E-state index contributed by atoms with van der Waals surface area (Å²) in [6, 6.07) is 7.35. The minimum Gasteiger partial charge on any atom is -0.366 e. The summed E-state index contributed by atoms with van der Waals surface area (Å²) in [6.45, 7) is 0.713. The third kappa shape index (κ3) is 3.91. The van der Waals surface area contributed by atoms with Crippen LogP contribution >= 0.6 is 15.9 Å². The smallest absolute Gasteiger partial charge is 0.366 e. The molecule has 1 aliphatic heterocycles. The molecule has 2 aromatic rings. The van der Waals surface area contributed by atoms with E-state index in [4.69, 9.17) is 5.73 Å². The van der Waals surface area contributed by atoms with Crippen LogP contribution in [0.25, 0.3) is 0 Å². The van der Waals surface area contributed by atoms with Crippen LogP contribution in [0.1, 0.15) is 40.1 Å². The second-order valence-electron chi connectivity index (χ2n) is 6.42. The fraction of sp³-hybridized carbons (Fsp3) is 0.333. The molecule has 1 aromatic carbocycles. The van der Waals surface area contributed by atoms with Crippen molar-refractivity contribution in [3.8, 4) is 0 Å². The number of carbonyl (C=O) groups is 1. The number of fused-ring (bicyclic) bond motifs is 1. The topological polar surface area (TPSA) is 59.2 Å². The molecule has 3 rings (SSSR count). The molecule has 2 N–H and O–H groups in total. The molecule has 0 unspecified atom stereocenters. The number of nitrogens with zero attached hydrogens (tertiary/aromatic N) is 2. The maximum absolute atomic E-state index is 13.2. The van der Waals surface area contributed by atoms with Crippen LogP contribution in [0.15, 0.2) is 41.0 Å². The van der Waals surface area contributed by atoms with E-state index in [0.717, 1.165) is 10.0 Å². The number of pyridine rings is 1. The Morgan fingerprint density at radius 3 is 2.65 bits per heavy atom. The Labute approximate surface area is 157 Å². The zero-order valence-corrected chi connectivity index (χ0v) is 15.5. The number of nitrogens with two attached hydrogens (primary N) is 1. The quantitative estimate of drug-likeness (QED) is 0.809. The third-order valence-electron chi connectivity index (χ3n) is 4.53. The predicted molar refractivity (Wildman–Crippen MR) is 94.7 cm³/mol. The van der Waals surface area contributed by atoms with E-state index in [2.05, 4.69) is 20.9 Å². The summed E-state index contributed by atoms with van der Waals surface area (Å²) in [5, 5.41) is 0. The molecule has 1 aromatic heterocycles. The first-order chi connectivity index (χ1) is 12.2. The number of halogens is 4. The van der Waals surface area contributed by atoms with Gasteiger partial charge in [-0.3, -0.25) is 14.7 Å². The van der Waals surface area contributed by atoms with E-state index >= 15 is 0 Å². The van der Waals surface area contributed by atoms with Crippen LogP contribution in [0.5, 0.6) is 0 Å². The zero-order chi connectivity index (χ0) is 19.1. The summed E-state index contributed by atoms with van der Waals surface area (Å²) >= 11 is 3.29. The summed E-state index contributed by atoms with van der Waals surface area (Å²) in [6.07, 6.45) is -2.36. The van der Waals surface area contributed by atoms with Crippen molar-refractivity contribution >= 4 is 21.8 Å². The van der Waals surface area contributed by atoms with Crippen molar-refractivity contribution in [1.29, 1.82) is 0 Å². The Kier molecular flexibility index (Phi) is 5.07. The lowest BCUT2D eigenvalue weighted by Crippen LogP contribution is -2.47. The first-order valence-corrected chi connectivity index (χ1v) is 8.81. The van der Waals surface area contributed by atoms with Crippen LogP contribution in [0.3, 0.4) is 0 Å². The van der Waals surface area contributed by atoms with Crippen LogP contribution in [0, 0.1) is 0 Å². The molecule has 0 spiro atoms. The summed E-state index contributed by atoms with van der Waals surface area (Å²) in [5.74, 6) is -0.559. The zero-order valence-electron chi connectivity index (χ0n) is 13.9. The Hall–Kier alpha value is -1.93. The molecule has 138 valence electrons. The number of carbonyl (C=O) groups excluding carboxylic acids is 1. The van der Waals surface area contributed by atoms with E-state index < -0.39 is 24.7 Å². The van der Waals surface area contributed by atoms with Crippen molar-refractivity contribution < 1.29 is 18.0 Å². The van der Waals surface area contributed by atoms with Gasteiger partial charge in [-0.2, -0.15) is 13.2 Å². The fourth-order valence-corrected chi connectivity index (χ4v) is 3.64. The number of hydrogen-bond donors (Lipinski definition) is 1. The van der Waals surface area contributed by atoms with E-state index in [1.54, 1.807) is 43.5 Å². The van der Waals surface area contributed by atoms with E-state index in [1.165, 1.54) is 4.90 Å². The lowest BCUT2D eigenvalue weighted by Gasteiger charge is -2.42. The SMILES string of the molecule is C[C@@H]1Cc2cc(C(N)=O)ccc2[C@@H](c2ccc(Br)cn2)N1CC(F)(F)F. The van der Waals surface area contributed by atoms with Gasteiger partial charge < -0.3 is 5.73 Å². The molecular weight excluding hydrogens is 411 g/mol. The Balaban J connectivity index is 2.12. The second kappa shape index (κ2) is 7.00. The molecule has 0 aliphatic carbocycles. The maximum atomic E-state index is 13.2. The third-order valence-corrected chi connectivity index (χ3v) is 5.00. The molecule has 0 bridgehead atoms. The Morgan fingerprint density at radius 1 is 1.35 bits per heavy atom. The highest BCUT2D eigenvalue weighted by atomic mass is 79.9. The molecule has 0 saturated carbocycles. The number of primary amides is 1. The van der Waals surface area contributed by atoms with Gasteiger partial charge in [0.25, 0.3) is 0 Å². The van der Waals surface area contributed by atoms with Crippen LogP contribution in [0.4, 0.5) is 13.2 Å². The largest absolute Gasteiger partial charge is 0.401 e. The summed E-state index contributed by atoms with van der Waals surface area (Å²) in [5.41, 5.74) is 7.75. The van der Waals surface area contributed by atoms with Crippen molar-refractivity contribution in [1.82, 2.24) is 9.88 Å². The lowest BCUT2D eigenvalue weighted by molar-refractivity contribution is -0.155. The summed E-state index contributed by atoms with van der Waals surface area (Å²) < 4.78 is 40.3. The first-order valence-electron chi connectivity index (χ1n) is 8.02. The summed E-state index contributed by atoms with van der Waals surface area (Å²) in [4.78, 5) is 17.2. The number of benzene rings is 1. The highest BCUT2D eigenvalue weighted by Crippen LogP contribution is 2.39. The highest BCUT2D eigenvalue weighted by Gasteiger charge is 2.41. The molecule has 2 heterocycles. The van der Waals surface area contributed by atoms with E-state index in [0.29, 0.717) is 23.2 Å². The van der Waals surface area contributed by atoms with Gasteiger partial charge in [-0.05, 0) is 64.7 Å². The predicted octanol–water partition coefficient (Wildman–Crippen LogP) is 3.84. The molecular formula is C18H17BrF3N3O. The van der Waals surface area contributed by atoms with Crippen LogP contribution in [-0.4, -0.2) is 34.6 Å². The molecule has 1 amide bonds. The Bertz CT molecular complexity index is 823. The van der Waals surface area contributed by atoms with Crippen molar-refractivity contribution in [2.24, 2.45) is 5.73 Å². The average molecular weight is 428 g/mol. The van der Waals surface area contributed by atoms with Gasteiger partial charge >= 0.3 is 6.18 Å². The van der Waals surface area contributed by atoms with Gasteiger partial charge in [-0.25, -0.2) is 0 Å². The molecule has 4 nitrogen and oxygen atoms in total. The molecule has 0 radical (unpaired) electrons. The van der Waals surface area contributed by atoms with Crippen molar-refractivity contribution in [2.45, 2.75) is 31.6 Å². The van der Waals surface area contributed by atoms with Gasteiger partial charge in [0.1, 0.15) is 0 Å². The summed E-state index contributed by atoms with van der Waals surface area (Å²) in [7, 11) is 0. The van der Waals surface area contributed by atoms with Gasteiger partial charge in [-0.1, -0.05) is 6.07 Å². The van der Waals surface area contributed by atoms with Gasteiger partial charge in [-0.15, -0.1) is 0 Å². The second-order valence-corrected chi connectivity index (χ2v) is 7.34. The lowest BCUT2D eigenvalue weighted by atomic mass is 9.85. The Morgan fingerprint density at radius 2 is 2.08 bits per heavy atom. The van der Waals surface area contributed by atoms with E-state index in [1.807, 2.05) is 0 Å². The average Bonchev–Trinajstić information content (AvgIpc) is 2.55. The molecule has 0 saturated heterocycles. The highest BCUT2D eigenvalue weighted by molar-refractivity contribution is 9.10. The van der Waals surface area contributed by atoms with Crippen molar-refractivity contribution in [3.05, 3.63) is 63.4 Å². The number of rotatable bonds is 3. The number of hydrogen-bond acceptors (Lipinski definition) is 3. The maximum Gasteiger partial charge on any atom is 0.401 e. The molecule has 8 heteroatoms.